The van der Waals surface area contributed by atoms with Gasteiger partial charge >= 0.3 is 6.09 Å². The molecule has 3 heteroatoms. The van der Waals surface area contributed by atoms with Gasteiger partial charge in [-0.2, -0.15) is 0 Å². The molecular weight excluding hydrogens is 214 g/mol. The molecule has 2 atom stereocenters. The lowest BCUT2D eigenvalue weighted by molar-refractivity contribution is 0.0858. The van der Waals surface area contributed by atoms with Crippen molar-refractivity contribution in [3.05, 3.63) is 35.9 Å². The third-order valence-corrected chi connectivity index (χ3v) is 3.70. The number of rotatable bonds is 2. The van der Waals surface area contributed by atoms with Gasteiger partial charge in [-0.1, -0.05) is 30.3 Å². The Balaban J connectivity index is 1.53. The second-order valence-electron chi connectivity index (χ2n) is 4.94. The van der Waals surface area contributed by atoms with E-state index in [4.69, 9.17) is 4.74 Å². The second kappa shape index (κ2) is 4.40. The van der Waals surface area contributed by atoms with Crippen LogP contribution in [0.25, 0.3) is 0 Å². The lowest BCUT2D eigenvalue weighted by atomic mass is 10.1. The quantitative estimate of drug-likeness (QED) is 0.783. The number of carbonyl (C=O) groups is 1. The summed E-state index contributed by atoms with van der Waals surface area (Å²) in [7, 11) is 0. The van der Waals surface area contributed by atoms with Crippen LogP contribution >= 0.6 is 0 Å². The highest BCUT2D eigenvalue weighted by Gasteiger charge is 2.46. The molecule has 3 rings (SSSR count). The predicted octanol–water partition coefficient (Wildman–Crippen LogP) is 2.81. The summed E-state index contributed by atoms with van der Waals surface area (Å²) in [5.41, 5.74) is 1.05. The van der Waals surface area contributed by atoms with Gasteiger partial charge in [0.2, 0.25) is 0 Å². The first-order valence-corrected chi connectivity index (χ1v) is 6.32. The summed E-state index contributed by atoms with van der Waals surface area (Å²) < 4.78 is 5.35. The van der Waals surface area contributed by atoms with E-state index in [1.54, 1.807) is 0 Å². The number of fused-ring (bicyclic) bond motifs is 1. The van der Waals surface area contributed by atoms with E-state index >= 15 is 0 Å². The molecular formula is C14H17NO2. The highest BCUT2D eigenvalue weighted by molar-refractivity contribution is 5.68. The number of likely N-dealkylation sites (tertiary alicyclic amines) is 1. The van der Waals surface area contributed by atoms with Crippen molar-refractivity contribution in [3.63, 3.8) is 0 Å². The number of piperidine rings is 1. The van der Waals surface area contributed by atoms with Gasteiger partial charge in [-0.25, -0.2) is 4.79 Å². The van der Waals surface area contributed by atoms with E-state index in [0.29, 0.717) is 12.6 Å². The third kappa shape index (κ3) is 2.28. The van der Waals surface area contributed by atoms with Crippen molar-refractivity contribution < 1.29 is 9.53 Å². The SMILES string of the molecule is O=C(OCc1ccccc1)N1CCCC2CC21. The molecule has 0 spiro atoms. The Hall–Kier alpha value is -1.51. The maximum absolute atomic E-state index is 11.9. The van der Waals surface area contributed by atoms with Gasteiger partial charge in [-0.15, -0.1) is 0 Å². The van der Waals surface area contributed by atoms with Crippen LogP contribution in [-0.2, 0) is 11.3 Å². The van der Waals surface area contributed by atoms with Crippen LogP contribution in [0.5, 0.6) is 0 Å². The van der Waals surface area contributed by atoms with Crippen LogP contribution in [0.15, 0.2) is 30.3 Å². The number of carbonyl (C=O) groups excluding carboxylic acids is 1. The summed E-state index contributed by atoms with van der Waals surface area (Å²) in [5.74, 6) is 0.757. The molecule has 3 nitrogen and oxygen atoms in total. The lowest BCUT2D eigenvalue weighted by Crippen LogP contribution is -2.37. The summed E-state index contributed by atoms with van der Waals surface area (Å²) in [6.07, 6.45) is 3.45. The molecule has 0 bridgehead atoms. The normalized spacial score (nSPS) is 26.2. The molecule has 1 saturated heterocycles. The zero-order chi connectivity index (χ0) is 11.7. The van der Waals surface area contributed by atoms with Crippen LogP contribution in [0.1, 0.15) is 24.8 Å². The zero-order valence-electron chi connectivity index (χ0n) is 9.84. The van der Waals surface area contributed by atoms with Crippen molar-refractivity contribution in [1.29, 1.82) is 0 Å². The number of hydrogen-bond donors (Lipinski definition) is 0. The Kier molecular flexibility index (Phi) is 2.75. The van der Waals surface area contributed by atoms with Crippen molar-refractivity contribution in [2.45, 2.75) is 31.9 Å². The minimum atomic E-state index is -0.138. The smallest absolute Gasteiger partial charge is 0.410 e. The minimum Gasteiger partial charge on any atom is -0.445 e. The Morgan fingerprint density at radius 3 is 3.00 bits per heavy atom. The lowest BCUT2D eigenvalue weighted by Gasteiger charge is -2.25. The van der Waals surface area contributed by atoms with E-state index in [1.807, 2.05) is 35.2 Å². The average molecular weight is 231 g/mol. The van der Waals surface area contributed by atoms with Crippen molar-refractivity contribution >= 4 is 6.09 Å². The molecule has 1 aromatic rings. The third-order valence-electron chi connectivity index (χ3n) is 3.70. The molecule has 0 aromatic heterocycles. The van der Waals surface area contributed by atoms with Crippen LogP contribution in [0.3, 0.4) is 0 Å². The molecule has 0 N–H and O–H groups in total. The molecule has 90 valence electrons. The first-order chi connectivity index (χ1) is 8.34. The van der Waals surface area contributed by atoms with Gasteiger partial charge in [-0.3, -0.25) is 0 Å². The van der Waals surface area contributed by atoms with Crippen LogP contribution < -0.4 is 0 Å². The van der Waals surface area contributed by atoms with E-state index in [0.717, 1.165) is 24.4 Å². The van der Waals surface area contributed by atoms with Gasteiger partial charge < -0.3 is 9.64 Å². The molecule has 2 fully saturated rings. The molecule has 1 aliphatic carbocycles. The predicted molar refractivity (Wildman–Crippen MR) is 64.5 cm³/mol. The second-order valence-corrected chi connectivity index (χ2v) is 4.94. The highest BCUT2D eigenvalue weighted by Crippen LogP contribution is 2.43. The van der Waals surface area contributed by atoms with Gasteiger partial charge in [0.25, 0.3) is 0 Å². The first-order valence-electron chi connectivity index (χ1n) is 6.32. The molecule has 17 heavy (non-hydrogen) atoms. The summed E-state index contributed by atoms with van der Waals surface area (Å²) in [4.78, 5) is 13.8. The first kappa shape index (κ1) is 10.6. The topological polar surface area (TPSA) is 29.5 Å². The Labute approximate surface area is 101 Å². The maximum Gasteiger partial charge on any atom is 0.410 e. The van der Waals surface area contributed by atoms with E-state index in [2.05, 4.69) is 0 Å². The Morgan fingerprint density at radius 1 is 1.35 bits per heavy atom. The van der Waals surface area contributed by atoms with Crippen LogP contribution in [-0.4, -0.2) is 23.6 Å². The standard InChI is InChI=1S/C14H17NO2/c16-14(15-8-4-7-12-9-13(12)15)17-10-11-5-2-1-3-6-11/h1-3,5-6,12-13H,4,7-10H2. The fourth-order valence-electron chi connectivity index (χ4n) is 2.64. The molecule has 2 aliphatic rings. The molecule has 1 heterocycles. The Morgan fingerprint density at radius 2 is 2.18 bits per heavy atom. The fourth-order valence-corrected chi connectivity index (χ4v) is 2.64. The number of ether oxygens (including phenoxy) is 1. The van der Waals surface area contributed by atoms with Crippen molar-refractivity contribution in [1.82, 2.24) is 4.90 Å². The average Bonchev–Trinajstić information content (AvgIpc) is 3.16. The minimum absolute atomic E-state index is 0.138. The van der Waals surface area contributed by atoms with Crippen LogP contribution in [0, 0.1) is 5.92 Å². The monoisotopic (exact) mass is 231 g/mol. The number of nitrogens with zero attached hydrogens (tertiary/aromatic N) is 1. The zero-order valence-corrected chi connectivity index (χ0v) is 9.84. The van der Waals surface area contributed by atoms with Gasteiger partial charge in [0, 0.05) is 12.6 Å². The largest absolute Gasteiger partial charge is 0.445 e. The molecule has 1 saturated carbocycles. The molecule has 1 aliphatic heterocycles. The number of hydrogen-bond acceptors (Lipinski definition) is 2. The van der Waals surface area contributed by atoms with E-state index < -0.39 is 0 Å². The molecule has 1 amide bonds. The number of amides is 1. The fraction of sp³-hybridized carbons (Fsp3) is 0.500. The van der Waals surface area contributed by atoms with Gasteiger partial charge in [0.1, 0.15) is 6.61 Å². The summed E-state index contributed by atoms with van der Waals surface area (Å²) >= 11 is 0. The van der Waals surface area contributed by atoms with Crippen LogP contribution in [0.2, 0.25) is 0 Å². The van der Waals surface area contributed by atoms with Gasteiger partial charge in [0.05, 0.1) is 0 Å². The van der Waals surface area contributed by atoms with E-state index in [-0.39, 0.29) is 6.09 Å². The maximum atomic E-state index is 11.9. The summed E-state index contributed by atoms with van der Waals surface area (Å²) in [6.45, 7) is 1.25. The van der Waals surface area contributed by atoms with Gasteiger partial charge in [0.15, 0.2) is 0 Å². The van der Waals surface area contributed by atoms with Crippen molar-refractivity contribution in [2.75, 3.05) is 6.54 Å². The van der Waals surface area contributed by atoms with Gasteiger partial charge in [-0.05, 0) is 30.7 Å². The van der Waals surface area contributed by atoms with Crippen LogP contribution in [0.4, 0.5) is 4.79 Å². The molecule has 1 aromatic carbocycles. The summed E-state index contributed by atoms with van der Waals surface area (Å²) in [5, 5.41) is 0. The van der Waals surface area contributed by atoms with Crippen molar-refractivity contribution in [3.8, 4) is 0 Å². The van der Waals surface area contributed by atoms with Crippen molar-refractivity contribution in [2.24, 2.45) is 5.92 Å². The highest BCUT2D eigenvalue weighted by atomic mass is 16.6. The molecule has 0 radical (unpaired) electrons. The Bertz CT molecular complexity index is 404. The number of benzene rings is 1. The summed E-state index contributed by atoms with van der Waals surface area (Å²) in [6, 6.07) is 10.3. The molecule has 2 unspecified atom stereocenters. The van der Waals surface area contributed by atoms with E-state index in [9.17, 15) is 4.79 Å². The van der Waals surface area contributed by atoms with E-state index in [1.165, 1.54) is 12.8 Å².